The van der Waals surface area contributed by atoms with Gasteiger partial charge in [-0.25, -0.2) is 13.4 Å². The van der Waals surface area contributed by atoms with Gasteiger partial charge in [-0.1, -0.05) is 12.1 Å². The molecule has 0 saturated heterocycles. The van der Waals surface area contributed by atoms with Crippen LogP contribution in [0.2, 0.25) is 0 Å². The van der Waals surface area contributed by atoms with E-state index in [9.17, 15) is 21.6 Å². The number of hydrogen-bond acceptors (Lipinski definition) is 3. The lowest BCUT2D eigenvalue weighted by Gasteiger charge is -2.22. The quantitative estimate of drug-likeness (QED) is 0.662. The molecule has 1 saturated carbocycles. The van der Waals surface area contributed by atoms with Crippen LogP contribution >= 0.6 is 0 Å². The first-order valence-electron chi connectivity index (χ1n) is 8.37. The maximum absolute atomic E-state index is 13.1. The van der Waals surface area contributed by atoms with Gasteiger partial charge in [-0.2, -0.15) is 17.5 Å². The third-order valence-electron chi connectivity index (χ3n) is 4.53. The first-order valence-corrected chi connectivity index (χ1v) is 9.81. The number of benzene rings is 1. The van der Waals surface area contributed by atoms with E-state index in [0.29, 0.717) is 30.2 Å². The topological polar surface area (TPSA) is 54.7 Å². The van der Waals surface area contributed by atoms with E-state index in [2.05, 4.69) is 4.98 Å². The average molecular weight is 395 g/mol. The van der Waals surface area contributed by atoms with Crippen molar-refractivity contribution in [3.63, 3.8) is 0 Å². The number of hydrogen-bond donors (Lipinski definition) is 0. The SMILES string of the molecule is O=S(=O)(c1cccc(C(F)(F)F)c1)N(Cc1cnc2ccccn12)C1CC1. The van der Waals surface area contributed by atoms with Gasteiger partial charge in [-0.05, 0) is 43.2 Å². The van der Waals surface area contributed by atoms with E-state index in [0.717, 1.165) is 12.1 Å². The highest BCUT2D eigenvalue weighted by atomic mass is 32.2. The molecule has 5 nitrogen and oxygen atoms in total. The summed E-state index contributed by atoms with van der Waals surface area (Å²) in [4.78, 5) is 3.90. The molecule has 0 unspecified atom stereocenters. The van der Waals surface area contributed by atoms with Gasteiger partial charge in [0.1, 0.15) is 5.65 Å². The number of aromatic nitrogens is 2. The molecule has 1 aromatic carbocycles. The minimum absolute atomic E-state index is 0.0500. The van der Waals surface area contributed by atoms with E-state index >= 15 is 0 Å². The predicted molar refractivity (Wildman–Crippen MR) is 92.4 cm³/mol. The number of imidazole rings is 1. The molecule has 27 heavy (non-hydrogen) atoms. The molecule has 0 spiro atoms. The van der Waals surface area contributed by atoms with E-state index < -0.39 is 21.8 Å². The highest BCUT2D eigenvalue weighted by Crippen LogP contribution is 2.35. The van der Waals surface area contributed by atoms with Crippen LogP contribution in [0.25, 0.3) is 5.65 Å². The molecule has 0 aliphatic heterocycles. The van der Waals surface area contributed by atoms with E-state index in [1.807, 2.05) is 6.07 Å². The second-order valence-electron chi connectivity index (χ2n) is 6.49. The van der Waals surface area contributed by atoms with Crippen molar-refractivity contribution in [1.29, 1.82) is 0 Å². The molecule has 0 atom stereocenters. The molecule has 9 heteroatoms. The van der Waals surface area contributed by atoms with Gasteiger partial charge in [0, 0.05) is 12.2 Å². The monoisotopic (exact) mass is 395 g/mol. The first-order chi connectivity index (χ1) is 12.8. The molecule has 4 rings (SSSR count). The van der Waals surface area contributed by atoms with Crippen molar-refractivity contribution in [2.45, 2.75) is 36.5 Å². The molecule has 1 aliphatic rings. The van der Waals surface area contributed by atoms with Crippen molar-refractivity contribution < 1.29 is 21.6 Å². The molecular weight excluding hydrogens is 379 g/mol. The van der Waals surface area contributed by atoms with Crippen molar-refractivity contribution in [2.24, 2.45) is 0 Å². The number of pyridine rings is 1. The lowest BCUT2D eigenvalue weighted by atomic mass is 10.2. The Kier molecular flexibility index (Phi) is 4.23. The molecule has 1 aliphatic carbocycles. The molecule has 0 N–H and O–H groups in total. The van der Waals surface area contributed by atoms with E-state index in [4.69, 9.17) is 0 Å². The van der Waals surface area contributed by atoms with Crippen LogP contribution in [0.15, 0.2) is 59.8 Å². The summed E-state index contributed by atoms with van der Waals surface area (Å²) in [6.07, 6.45) is 0.146. The lowest BCUT2D eigenvalue weighted by molar-refractivity contribution is -0.137. The molecule has 2 aromatic heterocycles. The average Bonchev–Trinajstić information content (AvgIpc) is 3.39. The minimum atomic E-state index is -4.60. The van der Waals surface area contributed by atoms with Crippen molar-refractivity contribution in [1.82, 2.24) is 13.7 Å². The van der Waals surface area contributed by atoms with Gasteiger partial charge in [0.25, 0.3) is 0 Å². The Balaban J connectivity index is 1.72. The van der Waals surface area contributed by atoms with Gasteiger partial charge in [0.2, 0.25) is 10.0 Å². The minimum Gasteiger partial charge on any atom is -0.303 e. The van der Waals surface area contributed by atoms with Crippen molar-refractivity contribution in [3.8, 4) is 0 Å². The summed E-state index contributed by atoms with van der Waals surface area (Å²) in [6.45, 7) is 0.0500. The molecular formula is C18H16F3N3O2S. The standard InChI is InChI=1S/C18H16F3N3O2S/c19-18(20,21)13-4-3-5-16(10-13)27(25,26)24(14-7-8-14)12-15-11-22-17-6-1-2-9-23(15)17/h1-6,9-11,14H,7-8,12H2. The highest BCUT2D eigenvalue weighted by molar-refractivity contribution is 7.89. The molecule has 142 valence electrons. The largest absolute Gasteiger partial charge is 0.416 e. The van der Waals surface area contributed by atoms with Gasteiger partial charge in [-0.3, -0.25) is 0 Å². The molecule has 2 heterocycles. The maximum atomic E-state index is 13.1. The van der Waals surface area contributed by atoms with Gasteiger partial charge >= 0.3 is 6.18 Å². The van der Waals surface area contributed by atoms with Crippen LogP contribution in [0.3, 0.4) is 0 Å². The van der Waals surface area contributed by atoms with Gasteiger partial charge in [0.15, 0.2) is 0 Å². The second kappa shape index (κ2) is 6.35. The summed E-state index contributed by atoms with van der Waals surface area (Å²) >= 11 is 0. The highest BCUT2D eigenvalue weighted by Gasteiger charge is 2.39. The Labute approximate surface area is 154 Å². The third kappa shape index (κ3) is 3.44. The fourth-order valence-electron chi connectivity index (χ4n) is 3.00. The zero-order valence-corrected chi connectivity index (χ0v) is 14.9. The number of alkyl halides is 3. The van der Waals surface area contributed by atoms with Gasteiger partial charge in [0.05, 0.1) is 28.9 Å². The molecule has 3 aromatic rings. The van der Waals surface area contributed by atoms with E-state index in [1.165, 1.54) is 10.4 Å². The summed E-state index contributed by atoms with van der Waals surface area (Å²) < 4.78 is 68.2. The summed E-state index contributed by atoms with van der Waals surface area (Å²) in [5.74, 6) is 0. The lowest BCUT2D eigenvalue weighted by Crippen LogP contribution is -2.33. The predicted octanol–water partition coefficient (Wildman–Crippen LogP) is 3.71. The molecule has 0 amide bonds. The number of fused-ring (bicyclic) bond motifs is 1. The summed E-state index contributed by atoms with van der Waals surface area (Å²) in [6, 6.07) is 9.10. The summed E-state index contributed by atoms with van der Waals surface area (Å²) in [5.41, 5.74) is 0.363. The summed E-state index contributed by atoms with van der Waals surface area (Å²) in [7, 11) is -4.07. The molecule has 0 radical (unpaired) electrons. The van der Waals surface area contributed by atoms with Crippen LogP contribution < -0.4 is 0 Å². The van der Waals surface area contributed by atoms with Gasteiger partial charge in [-0.15, -0.1) is 0 Å². The Morgan fingerprint density at radius 1 is 1.15 bits per heavy atom. The van der Waals surface area contributed by atoms with Crippen LogP contribution in [0.5, 0.6) is 0 Å². The number of rotatable bonds is 5. The smallest absolute Gasteiger partial charge is 0.303 e. The number of sulfonamides is 1. The zero-order chi connectivity index (χ0) is 19.2. The number of nitrogens with zero attached hydrogens (tertiary/aromatic N) is 3. The zero-order valence-electron chi connectivity index (χ0n) is 14.1. The van der Waals surface area contributed by atoms with E-state index in [1.54, 1.807) is 28.9 Å². The first kappa shape index (κ1) is 18.0. The Morgan fingerprint density at radius 2 is 1.93 bits per heavy atom. The van der Waals surface area contributed by atoms with Crippen LogP contribution in [-0.2, 0) is 22.7 Å². The molecule has 1 fully saturated rings. The molecule has 0 bridgehead atoms. The summed E-state index contributed by atoms with van der Waals surface area (Å²) in [5, 5.41) is 0. The van der Waals surface area contributed by atoms with Crippen molar-refractivity contribution >= 4 is 15.7 Å². The second-order valence-corrected chi connectivity index (χ2v) is 8.38. The van der Waals surface area contributed by atoms with Crippen molar-refractivity contribution in [3.05, 3.63) is 66.1 Å². The van der Waals surface area contributed by atoms with E-state index in [-0.39, 0.29) is 17.5 Å². The van der Waals surface area contributed by atoms with Crippen LogP contribution in [0.1, 0.15) is 24.1 Å². The van der Waals surface area contributed by atoms with Crippen LogP contribution in [0.4, 0.5) is 13.2 Å². The van der Waals surface area contributed by atoms with Crippen LogP contribution in [0, 0.1) is 0 Å². The normalized spacial score (nSPS) is 15.6. The fraction of sp³-hybridized carbons (Fsp3) is 0.278. The fourth-order valence-corrected chi connectivity index (χ4v) is 4.71. The van der Waals surface area contributed by atoms with Crippen LogP contribution in [-0.4, -0.2) is 28.1 Å². The Bertz CT molecular complexity index is 1090. The van der Waals surface area contributed by atoms with Gasteiger partial charge < -0.3 is 4.40 Å². The Hall–Kier alpha value is -2.39. The Morgan fingerprint density at radius 3 is 2.63 bits per heavy atom. The number of halogens is 3. The third-order valence-corrected chi connectivity index (χ3v) is 6.43. The van der Waals surface area contributed by atoms with Crippen molar-refractivity contribution in [2.75, 3.05) is 0 Å². The maximum Gasteiger partial charge on any atom is 0.416 e.